The van der Waals surface area contributed by atoms with Gasteiger partial charge in [0.05, 0.1) is 23.8 Å². The summed E-state index contributed by atoms with van der Waals surface area (Å²) in [6, 6.07) is 4.10. The summed E-state index contributed by atoms with van der Waals surface area (Å²) in [7, 11) is 0. The molecule has 0 aliphatic rings. The molecule has 0 aromatic heterocycles. The van der Waals surface area contributed by atoms with Crippen molar-refractivity contribution in [2.24, 2.45) is 0 Å². The lowest BCUT2D eigenvalue weighted by Crippen LogP contribution is -2.18. The maximum absolute atomic E-state index is 11.8. The van der Waals surface area contributed by atoms with Gasteiger partial charge in [0, 0.05) is 6.42 Å². The first kappa shape index (κ1) is 16.6. The third kappa shape index (κ3) is 6.12. The lowest BCUT2D eigenvalue weighted by molar-refractivity contribution is -0.174. The van der Waals surface area contributed by atoms with Crippen LogP contribution in [0.3, 0.4) is 0 Å². The van der Waals surface area contributed by atoms with E-state index in [2.05, 4.69) is 4.74 Å². The maximum atomic E-state index is 11.8. The smallest absolute Gasteiger partial charge is 0.411 e. The van der Waals surface area contributed by atoms with Crippen molar-refractivity contribution in [3.63, 3.8) is 0 Å². The summed E-state index contributed by atoms with van der Waals surface area (Å²) in [4.78, 5) is 10.8. The van der Waals surface area contributed by atoms with Gasteiger partial charge >= 0.3 is 12.1 Å². The Morgan fingerprint density at radius 1 is 1.30 bits per heavy atom. The fourth-order valence-electron chi connectivity index (χ4n) is 1.30. The van der Waals surface area contributed by atoms with Crippen molar-refractivity contribution in [3.8, 4) is 5.75 Å². The summed E-state index contributed by atoms with van der Waals surface area (Å²) in [5.74, 6) is -0.906. The van der Waals surface area contributed by atoms with Crippen molar-refractivity contribution in [1.82, 2.24) is 0 Å². The second kappa shape index (κ2) is 7.35. The van der Waals surface area contributed by atoms with E-state index < -0.39 is 18.8 Å². The highest BCUT2D eigenvalue weighted by molar-refractivity contribution is 6.33. The lowest BCUT2D eigenvalue weighted by atomic mass is 10.2. The molecule has 0 fully saturated rings. The predicted molar refractivity (Wildman–Crippen MR) is 65.4 cm³/mol. The van der Waals surface area contributed by atoms with Gasteiger partial charge in [0.1, 0.15) is 12.4 Å². The van der Waals surface area contributed by atoms with Crippen LogP contribution in [0.25, 0.3) is 0 Å². The van der Waals surface area contributed by atoms with E-state index in [1.54, 1.807) is 0 Å². The van der Waals surface area contributed by atoms with Gasteiger partial charge in [-0.3, -0.25) is 0 Å². The van der Waals surface area contributed by atoms with Gasteiger partial charge in [-0.1, -0.05) is 11.6 Å². The Morgan fingerprint density at radius 2 is 2.00 bits per heavy atom. The number of carbonyl (C=O) groups is 1. The normalized spacial score (nSPS) is 11.4. The summed E-state index contributed by atoms with van der Waals surface area (Å²) < 4.78 is 44.9. The molecule has 0 radical (unpaired) electrons. The molecule has 0 saturated carbocycles. The van der Waals surface area contributed by atoms with E-state index in [-0.39, 0.29) is 36.0 Å². The molecule has 0 unspecified atom stereocenters. The molecule has 1 N–H and O–H groups in total. The van der Waals surface area contributed by atoms with E-state index in [0.29, 0.717) is 0 Å². The van der Waals surface area contributed by atoms with E-state index >= 15 is 0 Å². The minimum atomic E-state index is -4.34. The molecule has 0 heterocycles. The largest absolute Gasteiger partial charge is 0.493 e. The average Bonchev–Trinajstić information content (AvgIpc) is 2.33. The molecule has 1 rings (SSSR count). The van der Waals surface area contributed by atoms with Crippen LogP contribution in [0.1, 0.15) is 16.8 Å². The second-order valence-electron chi connectivity index (χ2n) is 3.82. The Morgan fingerprint density at radius 3 is 2.60 bits per heavy atom. The van der Waals surface area contributed by atoms with Gasteiger partial charge in [-0.25, -0.2) is 4.79 Å². The Hall–Kier alpha value is -1.47. The summed E-state index contributed by atoms with van der Waals surface area (Å²) in [6.45, 7) is -1.28. The van der Waals surface area contributed by atoms with Gasteiger partial charge in [-0.15, -0.1) is 0 Å². The molecule has 1 aromatic rings. The minimum absolute atomic E-state index is 0.0818. The van der Waals surface area contributed by atoms with Crippen LogP contribution in [0, 0.1) is 0 Å². The standard InChI is InChI=1S/C12H12ClF3O4/c13-10-3-2-8(6-9(10)11(17)18)20-5-1-4-19-7-12(14,15)16/h2-3,6H,1,4-5,7H2,(H,17,18). The number of carboxylic acid groups (broad SMARTS) is 1. The molecule has 20 heavy (non-hydrogen) atoms. The molecule has 0 aliphatic carbocycles. The molecule has 0 amide bonds. The summed E-state index contributed by atoms with van der Waals surface area (Å²) in [6.07, 6.45) is -4.09. The fraction of sp³-hybridized carbons (Fsp3) is 0.417. The Kier molecular flexibility index (Phi) is 6.09. The Bertz CT molecular complexity index is 463. The van der Waals surface area contributed by atoms with E-state index in [4.69, 9.17) is 21.4 Å². The van der Waals surface area contributed by atoms with E-state index in [1.165, 1.54) is 18.2 Å². The highest BCUT2D eigenvalue weighted by Gasteiger charge is 2.27. The molecule has 0 atom stereocenters. The monoisotopic (exact) mass is 312 g/mol. The number of rotatable bonds is 7. The van der Waals surface area contributed by atoms with Crippen molar-refractivity contribution < 1.29 is 32.5 Å². The van der Waals surface area contributed by atoms with Crippen LogP contribution in [0.4, 0.5) is 13.2 Å². The number of benzene rings is 1. The number of hydrogen-bond donors (Lipinski definition) is 1. The van der Waals surface area contributed by atoms with Crippen LogP contribution in [-0.4, -0.2) is 37.1 Å². The van der Waals surface area contributed by atoms with E-state index in [0.717, 1.165) is 0 Å². The molecule has 0 aliphatic heterocycles. The molecule has 0 bridgehead atoms. The molecule has 112 valence electrons. The second-order valence-corrected chi connectivity index (χ2v) is 4.22. The topological polar surface area (TPSA) is 55.8 Å². The van der Waals surface area contributed by atoms with Crippen molar-refractivity contribution in [3.05, 3.63) is 28.8 Å². The fourth-order valence-corrected chi connectivity index (χ4v) is 1.50. The van der Waals surface area contributed by atoms with Crippen LogP contribution in [0.5, 0.6) is 5.75 Å². The Labute approximate surface area is 118 Å². The molecule has 0 saturated heterocycles. The first-order valence-electron chi connectivity index (χ1n) is 5.60. The zero-order valence-electron chi connectivity index (χ0n) is 10.2. The number of carboxylic acids is 1. The van der Waals surface area contributed by atoms with Gasteiger partial charge in [0.25, 0.3) is 0 Å². The Balaban J connectivity index is 2.32. The first-order valence-corrected chi connectivity index (χ1v) is 5.97. The average molecular weight is 313 g/mol. The highest BCUT2D eigenvalue weighted by Crippen LogP contribution is 2.22. The molecular formula is C12H12ClF3O4. The van der Waals surface area contributed by atoms with Crippen LogP contribution < -0.4 is 4.74 Å². The quantitative estimate of drug-likeness (QED) is 0.784. The van der Waals surface area contributed by atoms with Crippen molar-refractivity contribution in [2.45, 2.75) is 12.6 Å². The van der Waals surface area contributed by atoms with Crippen LogP contribution >= 0.6 is 11.6 Å². The summed E-state index contributed by atoms with van der Waals surface area (Å²) >= 11 is 5.67. The van der Waals surface area contributed by atoms with Crippen molar-refractivity contribution in [1.29, 1.82) is 0 Å². The first-order chi connectivity index (χ1) is 9.29. The molecule has 8 heteroatoms. The minimum Gasteiger partial charge on any atom is -0.493 e. The number of hydrogen-bond acceptors (Lipinski definition) is 3. The van der Waals surface area contributed by atoms with Gasteiger partial charge < -0.3 is 14.6 Å². The van der Waals surface area contributed by atoms with Crippen LogP contribution in [0.15, 0.2) is 18.2 Å². The van der Waals surface area contributed by atoms with E-state index in [9.17, 15) is 18.0 Å². The third-order valence-corrected chi connectivity index (χ3v) is 2.47. The van der Waals surface area contributed by atoms with Crippen LogP contribution in [0.2, 0.25) is 5.02 Å². The molecule has 4 nitrogen and oxygen atoms in total. The molecular weight excluding hydrogens is 301 g/mol. The third-order valence-electron chi connectivity index (χ3n) is 2.14. The van der Waals surface area contributed by atoms with Gasteiger partial charge in [0.2, 0.25) is 0 Å². The number of halogens is 4. The highest BCUT2D eigenvalue weighted by atomic mass is 35.5. The molecule has 1 aromatic carbocycles. The van der Waals surface area contributed by atoms with Crippen molar-refractivity contribution in [2.75, 3.05) is 19.8 Å². The zero-order chi connectivity index (χ0) is 15.2. The van der Waals surface area contributed by atoms with Gasteiger partial charge in [-0.05, 0) is 18.2 Å². The number of ether oxygens (including phenoxy) is 2. The van der Waals surface area contributed by atoms with Crippen molar-refractivity contribution >= 4 is 17.6 Å². The van der Waals surface area contributed by atoms with Gasteiger partial charge in [0.15, 0.2) is 0 Å². The van der Waals surface area contributed by atoms with Gasteiger partial charge in [-0.2, -0.15) is 13.2 Å². The summed E-state index contributed by atoms with van der Waals surface area (Å²) in [5, 5.41) is 8.92. The number of aromatic carboxylic acids is 1. The lowest BCUT2D eigenvalue weighted by Gasteiger charge is -2.09. The SMILES string of the molecule is O=C(O)c1cc(OCCCOCC(F)(F)F)ccc1Cl. The predicted octanol–water partition coefficient (Wildman–Crippen LogP) is 3.39. The maximum Gasteiger partial charge on any atom is 0.411 e. The zero-order valence-corrected chi connectivity index (χ0v) is 11.0. The molecule has 0 spiro atoms. The number of alkyl halides is 3. The van der Waals surface area contributed by atoms with Crippen LogP contribution in [-0.2, 0) is 4.74 Å². The summed E-state index contributed by atoms with van der Waals surface area (Å²) in [5.41, 5.74) is -0.0995. The van der Waals surface area contributed by atoms with E-state index in [1.807, 2.05) is 0 Å².